The van der Waals surface area contributed by atoms with Crippen molar-refractivity contribution in [3.05, 3.63) is 95.7 Å². The lowest BCUT2D eigenvalue weighted by molar-refractivity contribution is -0.116. The Labute approximate surface area is 205 Å². The van der Waals surface area contributed by atoms with E-state index in [2.05, 4.69) is 5.32 Å². The van der Waals surface area contributed by atoms with Crippen LogP contribution in [-0.2, 0) is 4.79 Å². The molecule has 2 amide bonds. The highest BCUT2D eigenvalue weighted by molar-refractivity contribution is 6.03. The summed E-state index contributed by atoms with van der Waals surface area (Å²) < 4.78 is 7.19. The standard InChI is InChI=1S/C28H28N4O3/c1-19-11-10-12-20(2)26(19)29-25(33)18-31(3)28(34)23-17-32(21-13-6-5-7-14-21)30-27(23)22-15-8-9-16-24(22)35-4/h5-17H,18H2,1-4H3,(H,29,33). The van der Waals surface area contributed by atoms with Crippen LogP contribution in [0.4, 0.5) is 5.69 Å². The summed E-state index contributed by atoms with van der Waals surface area (Å²) in [4.78, 5) is 27.8. The fraction of sp³-hybridized carbons (Fsp3) is 0.179. The van der Waals surface area contributed by atoms with E-state index in [-0.39, 0.29) is 18.4 Å². The number of rotatable bonds is 7. The molecule has 4 rings (SSSR count). The Morgan fingerprint density at radius 1 is 0.943 bits per heavy atom. The summed E-state index contributed by atoms with van der Waals surface area (Å²) in [7, 11) is 3.19. The lowest BCUT2D eigenvalue weighted by Crippen LogP contribution is -2.35. The van der Waals surface area contributed by atoms with Crippen molar-refractivity contribution < 1.29 is 14.3 Å². The van der Waals surface area contributed by atoms with Gasteiger partial charge >= 0.3 is 0 Å². The van der Waals surface area contributed by atoms with Crippen LogP contribution in [0.15, 0.2) is 79.0 Å². The molecule has 4 aromatic rings. The highest BCUT2D eigenvalue weighted by Crippen LogP contribution is 2.32. The maximum atomic E-state index is 13.6. The summed E-state index contributed by atoms with van der Waals surface area (Å²) in [6.45, 7) is 3.78. The van der Waals surface area contributed by atoms with Crippen molar-refractivity contribution in [3.8, 4) is 22.7 Å². The first-order valence-corrected chi connectivity index (χ1v) is 11.3. The topological polar surface area (TPSA) is 76.5 Å². The molecule has 35 heavy (non-hydrogen) atoms. The van der Waals surface area contributed by atoms with Gasteiger partial charge in [-0.2, -0.15) is 5.10 Å². The number of nitrogens with one attached hydrogen (secondary N) is 1. The molecule has 0 bridgehead atoms. The van der Waals surface area contributed by atoms with Crippen molar-refractivity contribution in [2.75, 3.05) is 26.0 Å². The first-order valence-electron chi connectivity index (χ1n) is 11.3. The van der Waals surface area contributed by atoms with Crippen molar-refractivity contribution in [2.45, 2.75) is 13.8 Å². The predicted molar refractivity (Wildman–Crippen MR) is 137 cm³/mol. The zero-order chi connectivity index (χ0) is 24.9. The lowest BCUT2D eigenvalue weighted by Gasteiger charge is -2.18. The van der Waals surface area contributed by atoms with E-state index in [0.717, 1.165) is 22.5 Å². The van der Waals surface area contributed by atoms with Crippen LogP contribution >= 0.6 is 0 Å². The molecule has 0 atom stereocenters. The predicted octanol–water partition coefficient (Wildman–Crippen LogP) is 4.88. The molecular formula is C28H28N4O3. The van der Waals surface area contributed by atoms with E-state index in [1.54, 1.807) is 25.0 Å². The third kappa shape index (κ3) is 5.09. The van der Waals surface area contributed by atoms with E-state index in [0.29, 0.717) is 22.6 Å². The second-order valence-corrected chi connectivity index (χ2v) is 8.35. The van der Waals surface area contributed by atoms with Crippen molar-refractivity contribution >= 4 is 17.5 Å². The molecule has 0 aliphatic carbocycles. The van der Waals surface area contributed by atoms with E-state index in [1.165, 1.54) is 4.90 Å². The van der Waals surface area contributed by atoms with Crippen LogP contribution in [0.2, 0.25) is 0 Å². The van der Waals surface area contributed by atoms with Gasteiger partial charge in [0.2, 0.25) is 5.91 Å². The Bertz CT molecular complexity index is 1340. The van der Waals surface area contributed by atoms with Gasteiger partial charge in [-0.25, -0.2) is 4.68 Å². The molecule has 0 fully saturated rings. The Hall–Kier alpha value is -4.39. The number of carbonyl (C=O) groups excluding carboxylic acids is 2. The largest absolute Gasteiger partial charge is 0.496 e. The number of likely N-dealkylation sites (N-methyl/N-ethyl adjacent to an activating group) is 1. The fourth-order valence-corrected chi connectivity index (χ4v) is 3.97. The van der Waals surface area contributed by atoms with Crippen LogP contribution in [0.1, 0.15) is 21.5 Å². The van der Waals surface area contributed by atoms with Gasteiger partial charge in [0.25, 0.3) is 5.91 Å². The first kappa shape index (κ1) is 23.8. The van der Waals surface area contributed by atoms with Crippen LogP contribution in [0, 0.1) is 13.8 Å². The zero-order valence-corrected chi connectivity index (χ0v) is 20.3. The quantitative estimate of drug-likeness (QED) is 0.420. The molecule has 0 aliphatic heterocycles. The molecule has 3 aromatic carbocycles. The summed E-state index contributed by atoms with van der Waals surface area (Å²) >= 11 is 0. The van der Waals surface area contributed by atoms with Gasteiger partial charge in [0, 0.05) is 24.5 Å². The van der Waals surface area contributed by atoms with E-state index in [4.69, 9.17) is 9.84 Å². The number of methoxy groups -OCH3 is 1. The van der Waals surface area contributed by atoms with Crippen LogP contribution in [0.5, 0.6) is 5.75 Å². The van der Waals surface area contributed by atoms with E-state index >= 15 is 0 Å². The van der Waals surface area contributed by atoms with Gasteiger partial charge in [0.15, 0.2) is 0 Å². The third-order valence-electron chi connectivity index (χ3n) is 5.80. The maximum absolute atomic E-state index is 13.6. The average Bonchev–Trinajstić information content (AvgIpc) is 3.31. The van der Waals surface area contributed by atoms with Gasteiger partial charge in [-0.15, -0.1) is 0 Å². The SMILES string of the molecule is COc1ccccc1-c1nn(-c2ccccc2)cc1C(=O)N(C)CC(=O)Nc1c(C)cccc1C. The molecule has 0 saturated heterocycles. The molecule has 0 aliphatic rings. The first-order chi connectivity index (χ1) is 16.9. The normalized spacial score (nSPS) is 10.6. The number of aryl methyl sites for hydroxylation is 2. The minimum Gasteiger partial charge on any atom is -0.496 e. The number of carbonyl (C=O) groups is 2. The highest BCUT2D eigenvalue weighted by Gasteiger charge is 2.24. The maximum Gasteiger partial charge on any atom is 0.257 e. The highest BCUT2D eigenvalue weighted by atomic mass is 16.5. The van der Waals surface area contributed by atoms with Crippen molar-refractivity contribution in [2.24, 2.45) is 0 Å². The zero-order valence-electron chi connectivity index (χ0n) is 20.3. The van der Waals surface area contributed by atoms with Gasteiger partial charge in [0.05, 0.1) is 24.9 Å². The summed E-state index contributed by atoms with van der Waals surface area (Å²) in [5.41, 5.74) is 5.08. The third-order valence-corrected chi connectivity index (χ3v) is 5.80. The van der Waals surface area contributed by atoms with Crippen LogP contribution < -0.4 is 10.1 Å². The number of aromatic nitrogens is 2. The summed E-state index contributed by atoms with van der Waals surface area (Å²) in [6, 6.07) is 22.8. The van der Waals surface area contributed by atoms with E-state index < -0.39 is 0 Å². The molecule has 0 unspecified atom stereocenters. The fourth-order valence-electron chi connectivity index (χ4n) is 3.97. The molecule has 1 aromatic heterocycles. The Balaban J connectivity index is 1.65. The summed E-state index contributed by atoms with van der Waals surface area (Å²) in [5.74, 6) is 0.0209. The number of benzene rings is 3. The van der Waals surface area contributed by atoms with Gasteiger partial charge in [-0.1, -0.05) is 48.5 Å². The molecule has 7 nitrogen and oxygen atoms in total. The Morgan fingerprint density at radius 3 is 2.29 bits per heavy atom. The Kier molecular flexibility index (Phi) is 6.96. The molecule has 1 N–H and O–H groups in total. The molecule has 0 spiro atoms. The second kappa shape index (κ2) is 10.3. The summed E-state index contributed by atoms with van der Waals surface area (Å²) in [5, 5.41) is 7.66. The monoisotopic (exact) mass is 468 g/mol. The lowest BCUT2D eigenvalue weighted by atomic mass is 10.1. The number of ether oxygens (including phenoxy) is 1. The second-order valence-electron chi connectivity index (χ2n) is 8.35. The minimum atomic E-state index is -0.315. The van der Waals surface area contributed by atoms with Gasteiger partial charge in [-0.3, -0.25) is 9.59 Å². The number of nitrogens with zero attached hydrogens (tertiary/aromatic N) is 3. The number of anilines is 1. The van der Waals surface area contributed by atoms with Crippen LogP contribution in [0.3, 0.4) is 0 Å². The summed E-state index contributed by atoms with van der Waals surface area (Å²) in [6.07, 6.45) is 1.69. The molecular weight excluding hydrogens is 440 g/mol. The number of hydrogen-bond acceptors (Lipinski definition) is 4. The van der Waals surface area contributed by atoms with Crippen molar-refractivity contribution in [3.63, 3.8) is 0 Å². The molecule has 7 heteroatoms. The van der Waals surface area contributed by atoms with E-state index in [1.807, 2.05) is 86.6 Å². The molecule has 178 valence electrons. The van der Waals surface area contributed by atoms with Crippen molar-refractivity contribution in [1.29, 1.82) is 0 Å². The number of hydrogen-bond donors (Lipinski definition) is 1. The van der Waals surface area contributed by atoms with Crippen LogP contribution in [-0.4, -0.2) is 47.2 Å². The number of amides is 2. The average molecular weight is 469 g/mol. The van der Waals surface area contributed by atoms with E-state index in [9.17, 15) is 9.59 Å². The van der Waals surface area contributed by atoms with Gasteiger partial charge < -0.3 is 15.0 Å². The van der Waals surface area contributed by atoms with Crippen molar-refractivity contribution in [1.82, 2.24) is 14.7 Å². The smallest absolute Gasteiger partial charge is 0.257 e. The molecule has 1 heterocycles. The molecule has 0 saturated carbocycles. The number of para-hydroxylation sites is 3. The van der Waals surface area contributed by atoms with Gasteiger partial charge in [0.1, 0.15) is 11.4 Å². The Morgan fingerprint density at radius 2 is 1.60 bits per heavy atom. The minimum absolute atomic E-state index is 0.103. The van der Waals surface area contributed by atoms with Crippen LogP contribution in [0.25, 0.3) is 16.9 Å². The molecule has 0 radical (unpaired) electrons. The van der Waals surface area contributed by atoms with Gasteiger partial charge in [-0.05, 0) is 49.2 Å².